The van der Waals surface area contributed by atoms with E-state index in [1.807, 2.05) is 52.0 Å². The predicted molar refractivity (Wildman–Crippen MR) is 124 cm³/mol. The van der Waals surface area contributed by atoms with Gasteiger partial charge in [-0.05, 0) is 76.1 Å². The first kappa shape index (κ1) is 24.2. The maximum Gasteiger partial charge on any atom is 0.261 e. The monoisotopic (exact) mass is 494 g/mol. The van der Waals surface area contributed by atoms with Crippen molar-refractivity contribution < 1.29 is 14.3 Å². The second-order valence-electron chi connectivity index (χ2n) is 8.26. The Bertz CT molecular complexity index is 894. The minimum atomic E-state index is -0.664. The van der Waals surface area contributed by atoms with Crippen LogP contribution in [0.3, 0.4) is 0 Å². The molecule has 0 heterocycles. The Morgan fingerprint density at radius 3 is 2.37 bits per heavy atom. The highest BCUT2D eigenvalue weighted by atomic mass is 79.9. The van der Waals surface area contributed by atoms with Crippen molar-refractivity contribution in [1.82, 2.24) is 10.2 Å². The van der Waals surface area contributed by atoms with Crippen molar-refractivity contribution in [3.63, 3.8) is 0 Å². The summed E-state index contributed by atoms with van der Waals surface area (Å²) in [5, 5.41) is 3.55. The van der Waals surface area contributed by atoms with E-state index in [1.165, 1.54) is 4.90 Å². The van der Waals surface area contributed by atoms with E-state index in [0.29, 0.717) is 10.8 Å². The minimum Gasteiger partial charge on any atom is -0.484 e. The number of carbonyl (C=O) groups excluding carboxylic acids is 2. The highest BCUT2D eigenvalue weighted by Gasteiger charge is 2.28. The van der Waals surface area contributed by atoms with Gasteiger partial charge in [-0.15, -0.1) is 0 Å². The van der Waals surface area contributed by atoms with Gasteiger partial charge in [0.25, 0.3) is 5.91 Å². The number of carbonyl (C=O) groups is 2. The number of hydrogen-bond donors (Lipinski definition) is 1. The molecule has 2 aromatic carbocycles. The van der Waals surface area contributed by atoms with Crippen LogP contribution in [0.2, 0.25) is 5.02 Å². The van der Waals surface area contributed by atoms with Crippen molar-refractivity contribution in [1.29, 1.82) is 0 Å². The van der Waals surface area contributed by atoms with E-state index in [1.54, 1.807) is 25.1 Å². The summed E-state index contributed by atoms with van der Waals surface area (Å²) < 4.78 is 6.68. The maximum absolute atomic E-state index is 13.0. The van der Waals surface area contributed by atoms with E-state index in [0.717, 1.165) is 15.6 Å². The molecule has 5 nitrogen and oxygen atoms in total. The molecule has 1 unspecified atom stereocenters. The molecule has 7 heteroatoms. The summed E-state index contributed by atoms with van der Waals surface area (Å²) in [6.45, 7) is 9.49. The summed E-state index contributed by atoms with van der Waals surface area (Å²) in [6, 6.07) is 12.1. The van der Waals surface area contributed by atoms with Crippen LogP contribution in [-0.4, -0.2) is 34.9 Å². The van der Waals surface area contributed by atoms with E-state index in [2.05, 4.69) is 21.2 Å². The van der Waals surface area contributed by atoms with Gasteiger partial charge < -0.3 is 15.0 Å². The van der Waals surface area contributed by atoms with E-state index < -0.39 is 11.6 Å². The Balaban J connectivity index is 2.17. The maximum atomic E-state index is 13.0. The van der Waals surface area contributed by atoms with Crippen molar-refractivity contribution >= 4 is 39.3 Å². The number of rotatable bonds is 7. The number of nitrogens with zero attached hydrogens (tertiary/aromatic N) is 1. The van der Waals surface area contributed by atoms with Crippen molar-refractivity contribution in [2.24, 2.45) is 0 Å². The standard InChI is InChI=1S/C23H28BrClN2O3/c1-15-12-19(10-11-20(15)24)30-14-21(28)27(13-17-6-8-18(25)9-7-17)16(2)22(29)26-23(3,4)5/h6-12,16H,13-14H2,1-5H3,(H,26,29). The summed E-state index contributed by atoms with van der Waals surface area (Å²) >= 11 is 9.42. The molecule has 0 bridgehead atoms. The fraction of sp³-hybridized carbons (Fsp3) is 0.391. The van der Waals surface area contributed by atoms with E-state index >= 15 is 0 Å². The van der Waals surface area contributed by atoms with Gasteiger partial charge in [0.2, 0.25) is 5.91 Å². The second-order valence-corrected chi connectivity index (χ2v) is 9.55. The molecule has 0 aliphatic rings. The molecular formula is C23H28BrClN2O3. The van der Waals surface area contributed by atoms with Crippen LogP contribution in [0.15, 0.2) is 46.9 Å². The third-order valence-electron chi connectivity index (χ3n) is 4.42. The zero-order chi connectivity index (χ0) is 22.5. The normalized spacial score (nSPS) is 12.2. The SMILES string of the molecule is Cc1cc(OCC(=O)N(Cc2ccc(Cl)cc2)C(C)C(=O)NC(C)(C)C)ccc1Br. The molecule has 2 amide bonds. The highest BCUT2D eigenvalue weighted by Crippen LogP contribution is 2.22. The molecular weight excluding hydrogens is 468 g/mol. The van der Waals surface area contributed by atoms with Crippen LogP contribution in [0.1, 0.15) is 38.8 Å². The van der Waals surface area contributed by atoms with Gasteiger partial charge in [0, 0.05) is 21.6 Å². The lowest BCUT2D eigenvalue weighted by Gasteiger charge is -2.31. The molecule has 0 aromatic heterocycles. The number of halogens is 2. The lowest BCUT2D eigenvalue weighted by molar-refractivity contribution is -0.142. The van der Waals surface area contributed by atoms with Gasteiger partial charge in [0.15, 0.2) is 6.61 Å². The molecule has 2 rings (SSSR count). The first-order valence-corrected chi connectivity index (χ1v) is 10.9. The zero-order valence-corrected chi connectivity index (χ0v) is 20.3. The van der Waals surface area contributed by atoms with Crippen molar-refractivity contribution in [2.45, 2.75) is 52.7 Å². The highest BCUT2D eigenvalue weighted by molar-refractivity contribution is 9.10. The summed E-state index contributed by atoms with van der Waals surface area (Å²) in [6.07, 6.45) is 0. The molecule has 0 saturated carbocycles. The number of nitrogens with one attached hydrogen (secondary N) is 1. The number of ether oxygens (including phenoxy) is 1. The molecule has 1 atom stereocenters. The average Bonchev–Trinajstić information content (AvgIpc) is 2.66. The van der Waals surface area contributed by atoms with Crippen LogP contribution < -0.4 is 10.1 Å². The van der Waals surface area contributed by atoms with Crippen molar-refractivity contribution in [3.8, 4) is 5.75 Å². The summed E-state index contributed by atoms with van der Waals surface area (Å²) in [5.74, 6) is 0.105. The Kier molecular flexibility index (Phi) is 8.33. The first-order chi connectivity index (χ1) is 14.0. The van der Waals surface area contributed by atoms with Crippen LogP contribution in [0, 0.1) is 6.92 Å². The zero-order valence-electron chi connectivity index (χ0n) is 18.0. The van der Waals surface area contributed by atoms with Crippen LogP contribution in [0.25, 0.3) is 0 Å². The van der Waals surface area contributed by atoms with Gasteiger partial charge in [-0.1, -0.05) is 39.7 Å². The first-order valence-electron chi connectivity index (χ1n) is 9.71. The van der Waals surface area contributed by atoms with Crippen molar-refractivity contribution in [2.75, 3.05) is 6.61 Å². The Hall–Kier alpha value is -2.05. The lowest BCUT2D eigenvalue weighted by atomic mass is 10.1. The van der Waals surface area contributed by atoms with E-state index in [-0.39, 0.29) is 25.0 Å². The molecule has 0 aliphatic carbocycles. The second kappa shape index (κ2) is 10.3. The quantitative estimate of drug-likeness (QED) is 0.580. The van der Waals surface area contributed by atoms with Gasteiger partial charge in [-0.2, -0.15) is 0 Å². The summed E-state index contributed by atoms with van der Waals surface area (Å²) in [5.41, 5.74) is 1.49. The summed E-state index contributed by atoms with van der Waals surface area (Å²) in [7, 11) is 0. The van der Waals surface area contributed by atoms with Crippen LogP contribution >= 0.6 is 27.5 Å². The van der Waals surface area contributed by atoms with Gasteiger partial charge in [0.1, 0.15) is 11.8 Å². The number of aryl methyl sites for hydroxylation is 1. The number of amides is 2. The van der Waals surface area contributed by atoms with E-state index in [9.17, 15) is 9.59 Å². The smallest absolute Gasteiger partial charge is 0.261 e. The lowest BCUT2D eigenvalue weighted by Crippen LogP contribution is -2.53. The average molecular weight is 496 g/mol. The van der Waals surface area contributed by atoms with E-state index in [4.69, 9.17) is 16.3 Å². The molecule has 30 heavy (non-hydrogen) atoms. The minimum absolute atomic E-state index is 0.165. The van der Waals surface area contributed by atoms with Crippen LogP contribution in [0.4, 0.5) is 0 Å². The Morgan fingerprint density at radius 2 is 1.80 bits per heavy atom. The molecule has 162 valence electrons. The van der Waals surface area contributed by atoms with Gasteiger partial charge >= 0.3 is 0 Å². The molecule has 0 fully saturated rings. The fourth-order valence-corrected chi connectivity index (χ4v) is 3.15. The van der Waals surface area contributed by atoms with Crippen LogP contribution in [-0.2, 0) is 16.1 Å². The third kappa shape index (κ3) is 7.33. The number of hydrogen-bond acceptors (Lipinski definition) is 3. The fourth-order valence-electron chi connectivity index (χ4n) is 2.78. The Labute approximate surface area is 191 Å². The Morgan fingerprint density at radius 1 is 1.17 bits per heavy atom. The topological polar surface area (TPSA) is 58.6 Å². The molecule has 0 aliphatic heterocycles. The molecule has 0 radical (unpaired) electrons. The molecule has 1 N–H and O–H groups in total. The molecule has 2 aromatic rings. The van der Waals surface area contributed by atoms with Gasteiger partial charge in [-0.25, -0.2) is 0 Å². The number of benzene rings is 2. The van der Waals surface area contributed by atoms with Gasteiger partial charge in [-0.3, -0.25) is 9.59 Å². The molecule has 0 saturated heterocycles. The largest absolute Gasteiger partial charge is 0.484 e. The predicted octanol–water partition coefficient (Wildman–Crippen LogP) is 5.12. The van der Waals surface area contributed by atoms with Crippen LogP contribution in [0.5, 0.6) is 5.75 Å². The molecule has 0 spiro atoms. The van der Waals surface area contributed by atoms with Gasteiger partial charge in [0.05, 0.1) is 0 Å². The third-order valence-corrected chi connectivity index (χ3v) is 5.57. The summed E-state index contributed by atoms with van der Waals surface area (Å²) in [4.78, 5) is 27.3. The van der Waals surface area contributed by atoms with Crippen molar-refractivity contribution in [3.05, 3.63) is 63.1 Å².